The fraction of sp³-hybridized carbons (Fsp3) is 0.350. The highest BCUT2D eigenvalue weighted by Gasteiger charge is 2.33. The molecule has 1 aliphatic heterocycles. The summed E-state index contributed by atoms with van der Waals surface area (Å²) < 4.78 is 13.4. The molecule has 6 nitrogen and oxygen atoms in total. The molecule has 0 amide bonds. The minimum atomic E-state index is 0.136. The van der Waals surface area contributed by atoms with Crippen molar-refractivity contribution in [2.24, 2.45) is 0 Å². The largest absolute Gasteiger partial charge is 0.493 e. The van der Waals surface area contributed by atoms with Gasteiger partial charge in [-0.15, -0.1) is 5.10 Å². The molecule has 1 aliphatic carbocycles. The Hall–Kier alpha value is -2.89. The van der Waals surface area contributed by atoms with Crippen molar-refractivity contribution in [2.75, 3.05) is 13.7 Å². The Kier molecular flexibility index (Phi) is 3.62. The minimum absolute atomic E-state index is 0.136. The standard InChI is InChI=1S/C20H20N4O2/c1-25-16-6-4-5-14-11-15(12-26-18(14)16)20-22-19(13-8-9-13)23-24(20)17-7-2-3-10-21-17/h2-7,10,13,15H,8-9,11-12H2,1H3/t15-/m1/s1. The van der Waals surface area contributed by atoms with E-state index in [0.29, 0.717) is 12.5 Å². The van der Waals surface area contributed by atoms with Crippen molar-refractivity contribution in [2.45, 2.75) is 31.1 Å². The van der Waals surface area contributed by atoms with Gasteiger partial charge in [-0.25, -0.2) is 9.97 Å². The first-order chi connectivity index (χ1) is 12.8. The lowest BCUT2D eigenvalue weighted by Crippen LogP contribution is -2.23. The summed E-state index contributed by atoms with van der Waals surface area (Å²) >= 11 is 0. The zero-order valence-corrected chi connectivity index (χ0v) is 14.6. The fourth-order valence-corrected chi connectivity index (χ4v) is 3.49. The van der Waals surface area contributed by atoms with E-state index < -0.39 is 0 Å². The molecule has 26 heavy (non-hydrogen) atoms. The van der Waals surface area contributed by atoms with Crippen LogP contribution in [0.4, 0.5) is 0 Å². The van der Waals surface area contributed by atoms with Gasteiger partial charge in [0, 0.05) is 12.1 Å². The number of fused-ring (bicyclic) bond motifs is 1. The van der Waals surface area contributed by atoms with Crippen LogP contribution in [-0.4, -0.2) is 33.5 Å². The molecule has 1 atom stereocenters. The summed E-state index contributed by atoms with van der Waals surface area (Å²) in [6.45, 7) is 0.559. The highest BCUT2D eigenvalue weighted by atomic mass is 16.5. The van der Waals surface area contributed by atoms with Crippen LogP contribution in [0.5, 0.6) is 11.5 Å². The van der Waals surface area contributed by atoms with Crippen molar-refractivity contribution in [3.63, 3.8) is 0 Å². The molecule has 1 aromatic carbocycles. The summed E-state index contributed by atoms with van der Waals surface area (Å²) in [6, 6.07) is 11.9. The molecule has 6 heteroatoms. The lowest BCUT2D eigenvalue weighted by molar-refractivity contribution is 0.242. The highest BCUT2D eigenvalue weighted by Crippen LogP contribution is 2.41. The number of para-hydroxylation sites is 1. The molecule has 0 unspecified atom stereocenters. The predicted molar refractivity (Wildman–Crippen MR) is 96.1 cm³/mol. The maximum atomic E-state index is 6.06. The zero-order chi connectivity index (χ0) is 17.5. The van der Waals surface area contributed by atoms with Gasteiger partial charge in [0.25, 0.3) is 0 Å². The fourth-order valence-electron chi connectivity index (χ4n) is 3.49. The summed E-state index contributed by atoms with van der Waals surface area (Å²) in [5.74, 6) is 4.93. The van der Waals surface area contributed by atoms with E-state index in [9.17, 15) is 0 Å². The third kappa shape index (κ3) is 2.62. The summed E-state index contributed by atoms with van der Waals surface area (Å²) in [5, 5.41) is 4.77. The molecular weight excluding hydrogens is 328 g/mol. The van der Waals surface area contributed by atoms with Crippen molar-refractivity contribution in [3.8, 4) is 17.3 Å². The lowest BCUT2D eigenvalue weighted by Gasteiger charge is -2.26. The predicted octanol–water partition coefficient (Wildman–Crippen LogP) is 3.27. The molecule has 0 N–H and O–H groups in total. The van der Waals surface area contributed by atoms with E-state index in [1.807, 2.05) is 35.0 Å². The first-order valence-corrected chi connectivity index (χ1v) is 9.00. The second-order valence-electron chi connectivity index (χ2n) is 6.86. The maximum Gasteiger partial charge on any atom is 0.164 e. The normalized spacial score (nSPS) is 18.9. The molecule has 132 valence electrons. The van der Waals surface area contributed by atoms with E-state index >= 15 is 0 Å². The van der Waals surface area contributed by atoms with Gasteiger partial charge in [0.05, 0.1) is 19.6 Å². The molecule has 0 saturated heterocycles. The van der Waals surface area contributed by atoms with E-state index in [1.54, 1.807) is 13.3 Å². The van der Waals surface area contributed by atoms with Gasteiger partial charge in [-0.3, -0.25) is 0 Å². The quantitative estimate of drug-likeness (QED) is 0.724. The van der Waals surface area contributed by atoms with Crippen LogP contribution in [0.25, 0.3) is 5.82 Å². The molecule has 0 bridgehead atoms. The van der Waals surface area contributed by atoms with Crippen LogP contribution >= 0.6 is 0 Å². The monoisotopic (exact) mass is 348 g/mol. The van der Waals surface area contributed by atoms with Crippen molar-refractivity contribution in [1.82, 2.24) is 19.7 Å². The number of nitrogens with zero attached hydrogens (tertiary/aromatic N) is 4. The average Bonchev–Trinajstić information content (AvgIpc) is 3.46. The molecular formula is C20H20N4O2. The topological polar surface area (TPSA) is 62.1 Å². The van der Waals surface area contributed by atoms with Gasteiger partial charge >= 0.3 is 0 Å². The van der Waals surface area contributed by atoms with Crippen molar-refractivity contribution >= 4 is 0 Å². The number of rotatable bonds is 4. The third-order valence-corrected chi connectivity index (χ3v) is 5.00. The lowest BCUT2D eigenvalue weighted by atomic mass is 9.95. The Morgan fingerprint density at radius 1 is 1.12 bits per heavy atom. The molecule has 1 fully saturated rings. The van der Waals surface area contributed by atoms with Crippen LogP contribution in [0.3, 0.4) is 0 Å². The Labute approximate surface area is 151 Å². The summed E-state index contributed by atoms with van der Waals surface area (Å²) in [6.07, 6.45) is 4.98. The minimum Gasteiger partial charge on any atom is -0.493 e. The van der Waals surface area contributed by atoms with Gasteiger partial charge in [0.1, 0.15) is 5.82 Å². The van der Waals surface area contributed by atoms with Crippen molar-refractivity contribution in [1.29, 1.82) is 0 Å². The van der Waals surface area contributed by atoms with Crippen LogP contribution in [0.1, 0.15) is 41.9 Å². The first kappa shape index (κ1) is 15.4. The molecule has 5 rings (SSSR count). The molecule has 0 spiro atoms. The number of aromatic nitrogens is 4. The second-order valence-corrected chi connectivity index (χ2v) is 6.86. The van der Waals surface area contributed by atoms with E-state index in [0.717, 1.165) is 40.9 Å². The Morgan fingerprint density at radius 2 is 2.04 bits per heavy atom. The molecule has 2 aromatic heterocycles. The average molecular weight is 348 g/mol. The zero-order valence-electron chi connectivity index (χ0n) is 14.6. The second kappa shape index (κ2) is 6.12. The number of methoxy groups -OCH3 is 1. The number of hydrogen-bond donors (Lipinski definition) is 0. The van der Waals surface area contributed by atoms with E-state index in [-0.39, 0.29) is 5.92 Å². The van der Waals surface area contributed by atoms with Gasteiger partial charge in [0.2, 0.25) is 0 Å². The molecule has 1 saturated carbocycles. The van der Waals surface area contributed by atoms with Crippen LogP contribution in [0, 0.1) is 0 Å². The van der Waals surface area contributed by atoms with E-state index in [1.165, 1.54) is 12.8 Å². The van der Waals surface area contributed by atoms with Crippen LogP contribution in [0.15, 0.2) is 42.6 Å². The molecule has 3 heterocycles. The number of ether oxygens (including phenoxy) is 2. The van der Waals surface area contributed by atoms with Crippen molar-refractivity contribution in [3.05, 3.63) is 59.8 Å². The molecule has 3 aromatic rings. The maximum absolute atomic E-state index is 6.06. The SMILES string of the molecule is COc1cccc2c1OC[C@H](c1nc(C3CC3)nn1-c1ccccn1)C2. The Morgan fingerprint density at radius 3 is 2.81 bits per heavy atom. The van der Waals surface area contributed by atoms with Crippen LogP contribution in [-0.2, 0) is 6.42 Å². The smallest absolute Gasteiger partial charge is 0.164 e. The van der Waals surface area contributed by atoms with Gasteiger partial charge in [0.15, 0.2) is 23.1 Å². The van der Waals surface area contributed by atoms with Gasteiger partial charge in [-0.05, 0) is 43.0 Å². The third-order valence-electron chi connectivity index (χ3n) is 5.00. The van der Waals surface area contributed by atoms with E-state index in [4.69, 9.17) is 19.6 Å². The number of benzene rings is 1. The molecule has 2 aliphatic rings. The van der Waals surface area contributed by atoms with Gasteiger partial charge in [-0.1, -0.05) is 18.2 Å². The summed E-state index contributed by atoms with van der Waals surface area (Å²) in [5.41, 5.74) is 1.14. The highest BCUT2D eigenvalue weighted by molar-refractivity contribution is 5.48. The van der Waals surface area contributed by atoms with Crippen LogP contribution < -0.4 is 9.47 Å². The van der Waals surface area contributed by atoms with Crippen molar-refractivity contribution < 1.29 is 9.47 Å². The van der Waals surface area contributed by atoms with Gasteiger partial charge < -0.3 is 9.47 Å². The van der Waals surface area contributed by atoms with Crippen LogP contribution in [0.2, 0.25) is 0 Å². The summed E-state index contributed by atoms with van der Waals surface area (Å²) in [7, 11) is 1.67. The summed E-state index contributed by atoms with van der Waals surface area (Å²) in [4.78, 5) is 9.36. The van der Waals surface area contributed by atoms with Gasteiger partial charge in [-0.2, -0.15) is 4.68 Å². The Bertz CT molecular complexity index is 934. The first-order valence-electron chi connectivity index (χ1n) is 9.00. The molecule has 0 radical (unpaired) electrons. The van der Waals surface area contributed by atoms with E-state index in [2.05, 4.69) is 11.1 Å². The Balaban J connectivity index is 1.54. The number of hydrogen-bond acceptors (Lipinski definition) is 5. The number of pyridine rings is 1.